The second-order valence-corrected chi connectivity index (χ2v) is 6.70. The number of hydrogen-bond acceptors (Lipinski definition) is 2. The molecule has 0 bridgehead atoms. The van der Waals surface area contributed by atoms with Crippen LogP contribution in [-0.2, 0) is 0 Å². The molecule has 0 saturated heterocycles. The average Bonchev–Trinajstić information content (AvgIpc) is 3.20. The molecule has 0 spiro atoms. The van der Waals surface area contributed by atoms with Gasteiger partial charge in [-0.3, -0.25) is 9.78 Å². The molecule has 1 heterocycles. The van der Waals surface area contributed by atoms with E-state index in [0.29, 0.717) is 6.04 Å². The van der Waals surface area contributed by atoms with Gasteiger partial charge in [0.15, 0.2) is 0 Å². The molecular weight excluding hydrogens is 308 g/mol. The molecule has 25 heavy (non-hydrogen) atoms. The average molecular weight is 334 g/mol. The smallest absolute Gasteiger partial charge is 0.254 e. The maximum absolute atomic E-state index is 13.1. The van der Waals surface area contributed by atoms with E-state index in [4.69, 9.17) is 0 Å². The molecule has 0 atom stereocenters. The molecule has 1 aromatic carbocycles. The molecule has 0 aliphatic heterocycles. The van der Waals surface area contributed by atoms with Crippen molar-refractivity contribution in [1.82, 2.24) is 9.88 Å². The summed E-state index contributed by atoms with van der Waals surface area (Å²) in [5, 5.41) is 0. The van der Waals surface area contributed by atoms with E-state index in [2.05, 4.69) is 23.4 Å². The summed E-state index contributed by atoms with van der Waals surface area (Å²) >= 11 is 0. The number of rotatable bonds is 6. The number of pyridine rings is 1. The fourth-order valence-corrected chi connectivity index (χ4v) is 3.58. The fraction of sp³-hybridized carbons (Fsp3) is 0.364. The van der Waals surface area contributed by atoms with Crippen molar-refractivity contribution in [3.05, 3.63) is 60.3 Å². The largest absolute Gasteiger partial charge is 0.336 e. The van der Waals surface area contributed by atoms with Crippen molar-refractivity contribution in [2.24, 2.45) is 0 Å². The lowest BCUT2D eigenvalue weighted by molar-refractivity contribution is 0.0681. The maximum atomic E-state index is 13.1. The second kappa shape index (κ2) is 8.11. The summed E-state index contributed by atoms with van der Waals surface area (Å²) in [7, 11) is 0. The van der Waals surface area contributed by atoms with Gasteiger partial charge in [-0.1, -0.05) is 50.6 Å². The minimum Gasteiger partial charge on any atom is -0.336 e. The van der Waals surface area contributed by atoms with Crippen molar-refractivity contribution in [2.45, 2.75) is 45.1 Å². The second-order valence-electron chi connectivity index (χ2n) is 6.70. The maximum Gasteiger partial charge on any atom is 0.254 e. The van der Waals surface area contributed by atoms with Gasteiger partial charge < -0.3 is 4.90 Å². The Kier molecular flexibility index (Phi) is 5.64. The highest BCUT2D eigenvalue weighted by atomic mass is 16.2. The number of hydrogen-bond donors (Lipinski definition) is 0. The predicted octanol–water partition coefficient (Wildman–Crippen LogP) is 5.19. The molecule has 0 N–H and O–H groups in total. The van der Waals surface area contributed by atoms with Crippen LogP contribution in [0.5, 0.6) is 0 Å². The van der Waals surface area contributed by atoms with E-state index in [1.54, 1.807) is 12.3 Å². The van der Waals surface area contributed by atoms with E-state index in [1.807, 2.05) is 36.4 Å². The van der Waals surface area contributed by atoms with Crippen molar-refractivity contribution in [3.63, 3.8) is 0 Å². The van der Waals surface area contributed by atoms with Gasteiger partial charge in [-0.15, -0.1) is 0 Å². The normalized spacial score (nSPS) is 14.4. The first-order chi connectivity index (χ1) is 12.2. The number of benzene rings is 1. The highest BCUT2D eigenvalue weighted by molar-refractivity contribution is 5.95. The number of aromatic nitrogens is 1. The molecule has 3 nitrogen and oxygen atoms in total. The van der Waals surface area contributed by atoms with Gasteiger partial charge in [0.05, 0.1) is 5.69 Å². The molecular formula is C22H26N2O. The fourth-order valence-electron chi connectivity index (χ4n) is 3.58. The molecule has 1 aliphatic carbocycles. The molecule has 3 heteroatoms. The lowest BCUT2D eigenvalue weighted by Crippen LogP contribution is -2.39. The predicted molar refractivity (Wildman–Crippen MR) is 103 cm³/mol. The lowest BCUT2D eigenvalue weighted by atomic mass is 10.0. The number of carbonyl (C=O) groups is 1. The van der Waals surface area contributed by atoms with E-state index in [1.165, 1.54) is 12.8 Å². The Morgan fingerprint density at radius 3 is 2.72 bits per heavy atom. The third-order valence-corrected chi connectivity index (χ3v) is 4.92. The van der Waals surface area contributed by atoms with E-state index < -0.39 is 0 Å². The summed E-state index contributed by atoms with van der Waals surface area (Å²) in [5.41, 5.74) is 3.60. The summed E-state index contributed by atoms with van der Waals surface area (Å²) < 4.78 is 0. The number of carbonyl (C=O) groups excluding carboxylic acids is 1. The van der Waals surface area contributed by atoms with Gasteiger partial charge in [0.1, 0.15) is 0 Å². The summed E-state index contributed by atoms with van der Waals surface area (Å²) in [6.07, 6.45) is 9.31. The van der Waals surface area contributed by atoms with Crippen molar-refractivity contribution >= 4 is 12.0 Å². The Labute approximate surface area is 150 Å². The molecule has 0 unspecified atom stereocenters. The van der Waals surface area contributed by atoms with Crippen molar-refractivity contribution in [2.75, 3.05) is 6.54 Å². The van der Waals surface area contributed by atoms with Crippen LogP contribution < -0.4 is 0 Å². The Morgan fingerprint density at radius 1 is 1.28 bits per heavy atom. The monoisotopic (exact) mass is 334 g/mol. The van der Waals surface area contributed by atoms with Crippen LogP contribution >= 0.6 is 0 Å². The Hall–Kier alpha value is -2.42. The summed E-state index contributed by atoms with van der Waals surface area (Å²) in [6.45, 7) is 6.72. The first kappa shape index (κ1) is 17.4. The number of nitrogens with zero attached hydrogens (tertiary/aromatic N) is 2. The Balaban J connectivity index is 1.85. The van der Waals surface area contributed by atoms with Gasteiger partial charge in [-0.2, -0.15) is 0 Å². The van der Waals surface area contributed by atoms with Crippen molar-refractivity contribution in [3.8, 4) is 11.3 Å². The highest BCUT2D eigenvalue weighted by Crippen LogP contribution is 2.26. The third-order valence-electron chi connectivity index (χ3n) is 4.92. The van der Waals surface area contributed by atoms with E-state index >= 15 is 0 Å². The summed E-state index contributed by atoms with van der Waals surface area (Å²) in [6, 6.07) is 12.2. The Bertz CT molecular complexity index is 730. The van der Waals surface area contributed by atoms with E-state index in [9.17, 15) is 4.79 Å². The summed E-state index contributed by atoms with van der Waals surface area (Å²) in [5.74, 6) is 0.151. The van der Waals surface area contributed by atoms with Crippen LogP contribution in [0, 0.1) is 0 Å². The highest BCUT2D eigenvalue weighted by Gasteiger charge is 2.26. The van der Waals surface area contributed by atoms with Gasteiger partial charge >= 0.3 is 0 Å². The molecule has 1 aromatic heterocycles. The molecule has 1 aliphatic rings. The summed E-state index contributed by atoms with van der Waals surface area (Å²) in [4.78, 5) is 19.7. The van der Waals surface area contributed by atoms with Crippen LogP contribution in [0.2, 0.25) is 0 Å². The molecule has 2 aromatic rings. The van der Waals surface area contributed by atoms with Crippen LogP contribution in [-0.4, -0.2) is 28.4 Å². The first-order valence-electron chi connectivity index (χ1n) is 9.23. The molecule has 1 amide bonds. The lowest BCUT2D eigenvalue weighted by Gasteiger charge is -2.29. The first-order valence-corrected chi connectivity index (χ1v) is 9.23. The van der Waals surface area contributed by atoms with Crippen molar-refractivity contribution in [1.29, 1.82) is 0 Å². The molecule has 0 radical (unpaired) electrons. The standard InChI is InChI=1S/C22H26N2O/c1-3-14-24(20-10-5-6-11-20)22(25)19-9-7-8-18(15-19)21-13-12-17(4-2)16-23-21/h4,7-9,12-13,15-16,20H,2-3,5-6,10-11,14H2,1H3. The van der Waals surface area contributed by atoms with Gasteiger partial charge in [0.25, 0.3) is 5.91 Å². The van der Waals surface area contributed by atoms with Gasteiger partial charge in [0.2, 0.25) is 0 Å². The van der Waals surface area contributed by atoms with E-state index in [-0.39, 0.29) is 5.91 Å². The molecule has 130 valence electrons. The van der Waals surface area contributed by atoms with Crippen LogP contribution in [0.25, 0.3) is 17.3 Å². The minimum absolute atomic E-state index is 0.151. The van der Waals surface area contributed by atoms with E-state index in [0.717, 1.165) is 48.2 Å². The van der Waals surface area contributed by atoms with Crippen LogP contribution in [0.3, 0.4) is 0 Å². The minimum atomic E-state index is 0.151. The zero-order chi connectivity index (χ0) is 17.6. The zero-order valence-corrected chi connectivity index (χ0v) is 14.9. The van der Waals surface area contributed by atoms with Crippen LogP contribution in [0.4, 0.5) is 0 Å². The quantitative estimate of drug-likeness (QED) is 0.728. The zero-order valence-electron chi connectivity index (χ0n) is 14.9. The van der Waals surface area contributed by atoms with Gasteiger partial charge in [-0.25, -0.2) is 0 Å². The van der Waals surface area contributed by atoms with Gasteiger partial charge in [-0.05, 0) is 43.0 Å². The third kappa shape index (κ3) is 3.98. The molecule has 1 saturated carbocycles. The SMILES string of the molecule is C=Cc1ccc(-c2cccc(C(=O)N(CCC)C3CCCC3)c2)nc1. The van der Waals surface area contributed by atoms with Crippen LogP contribution in [0.15, 0.2) is 49.2 Å². The molecule has 3 rings (SSSR count). The topological polar surface area (TPSA) is 33.2 Å². The van der Waals surface area contributed by atoms with Gasteiger partial charge in [0, 0.05) is 29.9 Å². The molecule has 1 fully saturated rings. The number of amides is 1. The van der Waals surface area contributed by atoms with Crippen LogP contribution in [0.1, 0.15) is 54.9 Å². The van der Waals surface area contributed by atoms with Crippen molar-refractivity contribution < 1.29 is 4.79 Å². The Morgan fingerprint density at radius 2 is 2.08 bits per heavy atom.